The van der Waals surface area contributed by atoms with Crippen molar-refractivity contribution < 1.29 is 4.70 Å². The molecule has 0 saturated carbocycles. The maximum Gasteiger partial charge on any atom is -0.00489 e. The van der Waals surface area contributed by atoms with Crippen molar-refractivity contribution in [3.05, 3.63) is 0 Å². The fourth-order valence-corrected chi connectivity index (χ4v) is 0.802. The zero-order valence-electron chi connectivity index (χ0n) is 6.44. The fraction of sp³-hybridized carbons (Fsp3) is 1.00. The van der Waals surface area contributed by atoms with Gasteiger partial charge in [0.1, 0.15) is 0 Å². The Morgan fingerprint density at radius 2 is 1.33 bits per heavy atom. The topological polar surface area (TPSA) is 12.0 Å². The van der Waals surface area contributed by atoms with Gasteiger partial charge in [-0.15, -0.1) is 0 Å². The molecule has 9 heavy (non-hydrogen) atoms. The second kappa shape index (κ2) is 10.8. The zero-order chi connectivity index (χ0) is 6.24. The van der Waals surface area contributed by atoms with Gasteiger partial charge >= 0.3 is 0 Å². The lowest BCUT2D eigenvalue weighted by Gasteiger charge is -2.08. The summed E-state index contributed by atoms with van der Waals surface area (Å²) in [4.78, 5) is 0. The lowest BCUT2D eigenvalue weighted by Crippen LogP contribution is -2.21. The van der Waals surface area contributed by atoms with Gasteiger partial charge in [-0.25, -0.2) is 0 Å². The molecule has 0 aromatic carbocycles. The van der Waals surface area contributed by atoms with E-state index in [1.54, 1.807) is 0 Å². The molecular formula is C7H18FN. The number of hydrogen-bond acceptors (Lipinski definition) is 1. The average molecular weight is 135 g/mol. The summed E-state index contributed by atoms with van der Waals surface area (Å²) in [6.07, 6.45) is 4.22. The second-order valence-electron chi connectivity index (χ2n) is 1.81. The molecule has 0 aliphatic carbocycles. The molecule has 0 radical (unpaired) electrons. The number of halogens is 1. The molecule has 1 heterocycles. The molecule has 0 aromatic heterocycles. The van der Waals surface area contributed by atoms with Crippen LogP contribution in [0.15, 0.2) is 0 Å². The third-order valence-electron chi connectivity index (χ3n) is 1.21. The molecule has 58 valence electrons. The minimum Gasteiger partial charge on any atom is -0.317 e. The van der Waals surface area contributed by atoms with Crippen LogP contribution in [-0.2, 0) is 0 Å². The monoisotopic (exact) mass is 135 g/mol. The third-order valence-corrected chi connectivity index (χ3v) is 1.21. The zero-order valence-corrected chi connectivity index (χ0v) is 6.44. The molecule has 0 spiro atoms. The number of rotatable bonds is 0. The Bertz CT molecular complexity index is 24.4. The predicted molar refractivity (Wildman–Crippen MR) is 40.6 cm³/mol. The van der Waals surface area contributed by atoms with Gasteiger partial charge in [0.2, 0.25) is 0 Å². The van der Waals surface area contributed by atoms with Gasteiger partial charge in [0, 0.05) is 0 Å². The van der Waals surface area contributed by atoms with Crippen LogP contribution in [0.1, 0.15) is 33.1 Å². The predicted octanol–water partition coefficient (Wildman–Crippen LogP) is 1.94. The van der Waals surface area contributed by atoms with E-state index in [0.29, 0.717) is 0 Å². The van der Waals surface area contributed by atoms with Gasteiger partial charge in [0.05, 0.1) is 0 Å². The average Bonchev–Trinajstić information content (AvgIpc) is 1.96. The number of piperidine rings is 1. The van der Waals surface area contributed by atoms with Crippen LogP contribution >= 0.6 is 0 Å². The lowest BCUT2D eigenvalue weighted by atomic mass is 10.2. The molecule has 1 aliphatic rings. The highest BCUT2D eigenvalue weighted by atomic mass is 19.0. The molecule has 0 atom stereocenters. The molecule has 0 unspecified atom stereocenters. The van der Waals surface area contributed by atoms with E-state index in [1.165, 1.54) is 32.4 Å². The van der Waals surface area contributed by atoms with Gasteiger partial charge < -0.3 is 5.32 Å². The first-order valence-electron chi connectivity index (χ1n) is 3.71. The third kappa shape index (κ3) is 7.89. The van der Waals surface area contributed by atoms with Crippen LogP contribution in [0.5, 0.6) is 0 Å². The molecule has 0 amide bonds. The van der Waals surface area contributed by atoms with Crippen LogP contribution in [0.3, 0.4) is 0 Å². The highest BCUT2D eigenvalue weighted by Gasteiger charge is 1.93. The van der Waals surface area contributed by atoms with E-state index in [1.807, 2.05) is 13.8 Å². The summed E-state index contributed by atoms with van der Waals surface area (Å²) in [5.74, 6) is 0. The van der Waals surface area contributed by atoms with Crippen LogP contribution in [0.4, 0.5) is 4.70 Å². The summed E-state index contributed by atoms with van der Waals surface area (Å²) in [7, 11) is 0. The summed E-state index contributed by atoms with van der Waals surface area (Å²) < 4.78 is 0. The van der Waals surface area contributed by atoms with E-state index < -0.39 is 0 Å². The van der Waals surface area contributed by atoms with Gasteiger partial charge in [-0.3, -0.25) is 4.70 Å². The number of nitrogens with one attached hydrogen (secondary N) is 1. The molecule has 1 aliphatic heterocycles. The fourth-order valence-electron chi connectivity index (χ4n) is 0.802. The summed E-state index contributed by atoms with van der Waals surface area (Å²) in [5, 5.41) is 3.28. The van der Waals surface area contributed by atoms with Gasteiger partial charge in [-0.05, 0) is 25.9 Å². The van der Waals surface area contributed by atoms with Crippen molar-refractivity contribution in [3.63, 3.8) is 0 Å². The van der Waals surface area contributed by atoms with Crippen molar-refractivity contribution >= 4 is 0 Å². The van der Waals surface area contributed by atoms with Crippen molar-refractivity contribution in [2.45, 2.75) is 33.1 Å². The molecule has 0 aromatic rings. The lowest BCUT2D eigenvalue weighted by molar-refractivity contribution is 0.520. The highest BCUT2D eigenvalue weighted by molar-refractivity contribution is 4.55. The van der Waals surface area contributed by atoms with Gasteiger partial charge in [0.25, 0.3) is 0 Å². The van der Waals surface area contributed by atoms with Gasteiger partial charge in [-0.2, -0.15) is 0 Å². The second-order valence-corrected chi connectivity index (χ2v) is 1.81. The molecule has 1 nitrogen and oxygen atoms in total. The van der Waals surface area contributed by atoms with Crippen molar-refractivity contribution in [1.29, 1.82) is 0 Å². The molecule has 1 fully saturated rings. The quantitative estimate of drug-likeness (QED) is 0.535. The highest BCUT2D eigenvalue weighted by Crippen LogP contribution is 1.96. The van der Waals surface area contributed by atoms with E-state index in [-0.39, 0.29) is 4.70 Å². The minimum absolute atomic E-state index is 0. The summed E-state index contributed by atoms with van der Waals surface area (Å²) in [5.41, 5.74) is 0. The Labute approximate surface area is 57.2 Å². The Morgan fingerprint density at radius 1 is 0.889 bits per heavy atom. The molecular weight excluding hydrogens is 117 g/mol. The van der Waals surface area contributed by atoms with E-state index in [0.717, 1.165) is 0 Å². The first-order chi connectivity index (χ1) is 4.00. The van der Waals surface area contributed by atoms with Gasteiger partial charge in [0.15, 0.2) is 0 Å². The summed E-state index contributed by atoms with van der Waals surface area (Å²) in [6, 6.07) is 0. The van der Waals surface area contributed by atoms with Crippen molar-refractivity contribution in [2.24, 2.45) is 0 Å². The van der Waals surface area contributed by atoms with E-state index >= 15 is 0 Å². The van der Waals surface area contributed by atoms with Crippen molar-refractivity contribution in [3.8, 4) is 0 Å². The van der Waals surface area contributed by atoms with Crippen LogP contribution < -0.4 is 5.32 Å². The maximum absolute atomic E-state index is 3.28. The molecule has 1 N–H and O–H groups in total. The van der Waals surface area contributed by atoms with Gasteiger partial charge in [-0.1, -0.05) is 20.3 Å². The first-order valence-corrected chi connectivity index (χ1v) is 3.71. The Hall–Kier alpha value is -0.110. The molecule has 0 bridgehead atoms. The van der Waals surface area contributed by atoms with Crippen LogP contribution in [-0.4, -0.2) is 13.1 Å². The van der Waals surface area contributed by atoms with E-state index in [9.17, 15) is 0 Å². The first kappa shape index (κ1) is 11.7. The number of hydrogen-bond donors (Lipinski definition) is 1. The summed E-state index contributed by atoms with van der Waals surface area (Å²) in [6.45, 7) is 6.50. The Balaban J connectivity index is 0. The maximum atomic E-state index is 3.28. The summed E-state index contributed by atoms with van der Waals surface area (Å²) >= 11 is 0. The minimum atomic E-state index is 0. The van der Waals surface area contributed by atoms with Crippen LogP contribution in [0.25, 0.3) is 0 Å². The molecule has 2 heteroatoms. The normalized spacial score (nSPS) is 16.7. The van der Waals surface area contributed by atoms with E-state index in [4.69, 9.17) is 0 Å². The Morgan fingerprint density at radius 3 is 1.44 bits per heavy atom. The van der Waals surface area contributed by atoms with Crippen LogP contribution in [0.2, 0.25) is 0 Å². The van der Waals surface area contributed by atoms with Crippen molar-refractivity contribution in [1.82, 2.24) is 5.32 Å². The van der Waals surface area contributed by atoms with Crippen molar-refractivity contribution in [2.75, 3.05) is 13.1 Å². The standard InChI is InChI=1S/C5H11N.C2H6.FH/c1-2-4-6-5-3-1;1-2;/h6H,1-5H2;1-2H3;1H. The largest absolute Gasteiger partial charge is 0.317 e. The van der Waals surface area contributed by atoms with E-state index in [2.05, 4.69) is 5.32 Å². The SMILES string of the molecule is C1CCNCC1.CC.F. The molecule has 1 rings (SSSR count). The Kier molecular flexibility index (Phi) is 14.0. The van der Waals surface area contributed by atoms with Crippen LogP contribution in [0, 0.1) is 0 Å². The molecule has 1 saturated heterocycles. The smallest absolute Gasteiger partial charge is 0.00489 e.